The smallest absolute Gasteiger partial charge is 0.161 e. The van der Waals surface area contributed by atoms with Gasteiger partial charge in [0.15, 0.2) is 5.82 Å². The molecule has 1 aliphatic carbocycles. The Morgan fingerprint density at radius 1 is 0.357 bits per heavy atom. The number of aromatic nitrogens is 2. The second kappa shape index (κ2) is 12.9. The van der Waals surface area contributed by atoms with Crippen LogP contribution in [0.4, 0.5) is 0 Å². The summed E-state index contributed by atoms with van der Waals surface area (Å²) in [6.07, 6.45) is 0. The Labute approximate surface area is 325 Å². The fraction of sp³-hybridized carbons (Fsp3) is 0.0189. The highest BCUT2D eigenvalue weighted by molar-refractivity contribution is 6.11. The number of nitrogens with zero attached hydrogens (tertiary/aromatic N) is 2. The number of rotatable bonds is 6. The average molecular weight is 715 g/mol. The maximum absolute atomic E-state index is 6.74. The molecule has 56 heavy (non-hydrogen) atoms. The minimum Gasteiger partial charge on any atom is -0.455 e. The van der Waals surface area contributed by atoms with E-state index in [1.807, 2.05) is 24.3 Å². The molecular weight excluding hydrogens is 681 g/mol. The van der Waals surface area contributed by atoms with Crippen LogP contribution in [-0.2, 0) is 5.41 Å². The number of benzene rings is 8. The van der Waals surface area contributed by atoms with Gasteiger partial charge in [-0.25, -0.2) is 9.97 Å². The van der Waals surface area contributed by atoms with Gasteiger partial charge in [0.05, 0.1) is 16.8 Å². The van der Waals surface area contributed by atoms with Crippen molar-refractivity contribution in [3.05, 3.63) is 229 Å². The topological polar surface area (TPSA) is 38.9 Å². The lowest BCUT2D eigenvalue weighted by Crippen LogP contribution is -2.28. The van der Waals surface area contributed by atoms with Gasteiger partial charge in [0, 0.05) is 33.0 Å². The van der Waals surface area contributed by atoms with E-state index in [9.17, 15) is 0 Å². The van der Waals surface area contributed by atoms with Crippen LogP contribution in [0.5, 0.6) is 0 Å². The van der Waals surface area contributed by atoms with Gasteiger partial charge in [-0.3, -0.25) is 0 Å². The molecule has 0 aliphatic heterocycles. The van der Waals surface area contributed by atoms with E-state index in [0.717, 1.165) is 61.1 Å². The molecule has 0 atom stereocenters. The largest absolute Gasteiger partial charge is 0.455 e. The molecule has 1 aliphatic rings. The highest BCUT2D eigenvalue weighted by atomic mass is 16.3. The third-order valence-electron chi connectivity index (χ3n) is 11.4. The predicted octanol–water partition coefficient (Wildman–Crippen LogP) is 13.4. The van der Waals surface area contributed by atoms with Crippen molar-refractivity contribution in [2.45, 2.75) is 5.41 Å². The minimum atomic E-state index is -0.591. The number of para-hydroxylation sites is 2. The maximum atomic E-state index is 6.74. The molecule has 262 valence electrons. The molecule has 2 aromatic heterocycles. The minimum absolute atomic E-state index is 0.591. The van der Waals surface area contributed by atoms with Crippen molar-refractivity contribution in [2.24, 2.45) is 0 Å². The lowest BCUT2D eigenvalue weighted by molar-refractivity contribution is 0.670. The van der Waals surface area contributed by atoms with Crippen molar-refractivity contribution in [3.8, 4) is 56.2 Å². The molecule has 0 amide bonds. The second-order valence-electron chi connectivity index (χ2n) is 14.4. The Kier molecular flexibility index (Phi) is 7.39. The molecule has 8 aromatic carbocycles. The Hall–Kier alpha value is -7.36. The Bertz CT molecular complexity index is 2960. The molecule has 0 saturated heterocycles. The summed E-state index contributed by atoms with van der Waals surface area (Å²) in [6, 6.07) is 73.2. The third kappa shape index (κ3) is 4.91. The van der Waals surface area contributed by atoms with Crippen molar-refractivity contribution in [2.75, 3.05) is 0 Å². The third-order valence-corrected chi connectivity index (χ3v) is 11.4. The first-order valence-electron chi connectivity index (χ1n) is 19.1. The molecule has 10 aromatic rings. The standard InChI is InChI=1S/C53H34N2O/c1-5-18-35(19-6-1)48-34-49(36-20-7-2-8-21-36)55-52(54-48)45-33-47-44(32-43(45)42-29-17-28-41-40-27-14-16-31-50(40)56-51(41)42)39-26-13-15-30-46(39)53(47,37-22-9-3-10-23-37)38-24-11-4-12-25-38/h1-34H. The Morgan fingerprint density at radius 2 is 0.893 bits per heavy atom. The van der Waals surface area contributed by atoms with Crippen LogP contribution < -0.4 is 0 Å². The van der Waals surface area contributed by atoms with Crippen LogP contribution in [0.15, 0.2) is 211 Å². The van der Waals surface area contributed by atoms with Gasteiger partial charge in [-0.05, 0) is 63.2 Å². The van der Waals surface area contributed by atoms with Crippen LogP contribution in [0.2, 0.25) is 0 Å². The molecule has 3 heteroatoms. The highest BCUT2D eigenvalue weighted by Gasteiger charge is 2.46. The molecule has 2 heterocycles. The molecule has 0 fully saturated rings. The first-order chi connectivity index (χ1) is 27.8. The lowest BCUT2D eigenvalue weighted by Gasteiger charge is -2.34. The number of hydrogen-bond acceptors (Lipinski definition) is 3. The maximum Gasteiger partial charge on any atom is 0.161 e. The van der Waals surface area contributed by atoms with E-state index in [1.165, 1.54) is 33.4 Å². The lowest BCUT2D eigenvalue weighted by atomic mass is 9.67. The van der Waals surface area contributed by atoms with Crippen molar-refractivity contribution >= 4 is 21.9 Å². The van der Waals surface area contributed by atoms with Gasteiger partial charge in [-0.15, -0.1) is 0 Å². The van der Waals surface area contributed by atoms with Crippen molar-refractivity contribution in [1.29, 1.82) is 0 Å². The summed E-state index contributed by atoms with van der Waals surface area (Å²) >= 11 is 0. The SMILES string of the molecule is c1ccc(-c2cc(-c3ccccc3)nc(-c3cc4c(cc3-c3cccc5c3oc3ccccc35)-c3ccccc3C4(c3ccccc3)c3ccccc3)n2)cc1. The van der Waals surface area contributed by atoms with Crippen molar-refractivity contribution in [3.63, 3.8) is 0 Å². The van der Waals surface area contributed by atoms with Crippen LogP contribution in [0.3, 0.4) is 0 Å². The molecule has 0 bridgehead atoms. The average Bonchev–Trinajstić information content (AvgIpc) is 3.81. The van der Waals surface area contributed by atoms with Crippen LogP contribution in [0.1, 0.15) is 22.3 Å². The first kappa shape index (κ1) is 32.1. The van der Waals surface area contributed by atoms with E-state index < -0.39 is 5.41 Å². The molecule has 0 saturated carbocycles. The highest BCUT2D eigenvalue weighted by Crippen LogP contribution is 2.58. The second-order valence-corrected chi connectivity index (χ2v) is 14.4. The zero-order valence-electron chi connectivity index (χ0n) is 30.4. The van der Waals surface area contributed by atoms with E-state index in [4.69, 9.17) is 14.4 Å². The zero-order chi connectivity index (χ0) is 37.1. The van der Waals surface area contributed by atoms with Crippen LogP contribution >= 0.6 is 0 Å². The summed E-state index contributed by atoms with van der Waals surface area (Å²) in [7, 11) is 0. The Balaban J connectivity index is 1.29. The quantitative estimate of drug-likeness (QED) is 0.172. The first-order valence-corrected chi connectivity index (χ1v) is 19.1. The normalized spacial score (nSPS) is 12.8. The van der Waals surface area contributed by atoms with E-state index in [0.29, 0.717) is 5.82 Å². The summed E-state index contributed by atoms with van der Waals surface area (Å²) in [6.45, 7) is 0. The molecule has 0 N–H and O–H groups in total. The van der Waals surface area contributed by atoms with E-state index >= 15 is 0 Å². The van der Waals surface area contributed by atoms with Gasteiger partial charge in [0.2, 0.25) is 0 Å². The number of hydrogen-bond donors (Lipinski definition) is 0. The van der Waals surface area contributed by atoms with Gasteiger partial charge in [0.1, 0.15) is 11.2 Å². The van der Waals surface area contributed by atoms with Gasteiger partial charge >= 0.3 is 0 Å². The predicted molar refractivity (Wildman–Crippen MR) is 228 cm³/mol. The molecule has 0 radical (unpaired) electrons. The molecule has 0 unspecified atom stereocenters. The summed E-state index contributed by atoms with van der Waals surface area (Å²) < 4.78 is 6.74. The molecular formula is C53H34N2O. The summed E-state index contributed by atoms with van der Waals surface area (Å²) in [4.78, 5) is 10.9. The van der Waals surface area contributed by atoms with Gasteiger partial charge in [0.25, 0.3) is 0 Å². The fourth-order valence-corrected chi connectivity index (χ4v) is 8.94. The zero-order valence-corrected chi connectivity index (χ0v) is 30.4. The monoisotopic (exact) mass is 714 g/mol. The fourth-order valence-electron chi connectivity index (χ4n) is 8.94. The van der Waals surface area contributed by atoms with Crippen LogP contribution in [-0.4, -0.2) is 9.97 Å². The van der Waals surface area contributed by atoms with Gasteiger partial charge in [-0.2, -0.15) is 0 Å². The summed E-state index contributed by atoms with van der Waals surface area (Å²) in [5, 5.41) is 2.18. The number of fused-ring (bicyclic) bond motifs is 6. The van der Waals surface area contributed by atoms with E-state index in [-0.39, 0.29) is 0 Å². The summed E-state index contributed by atoms with van der Waals surface area (Å²) in [5.41, 5.74) is 15.1. The van der Waals surface area contributed by atoms with E-state index in [2.05, 4.69) is 182 Å². The van der Waals surface area contributed by atoms with Crippen LogP contribution in [0.25, 0.3) is 78.1 Å². The van der Waals surface area contributed by atoms with Crippen molar-refractivity contribution < 1.29 is 4.42 Å². The molecule has 0 spiro atoms. The van der Waals surface area contributed by atoms with E-state index in [1.54, 1.807) is 0 Å². The molecule has 11 rings (SSSR count). The number of furan rings is 1. The van der Waals surface area contributed by atoms with Gasteiger partial charge < -0.3 is 4.42 Å². The molecule has 3 nitrogen and oxygen atoms in total. The van der Waals surface area contributed by atoms with Gasteiger partial charge in [-0.1, -0.05) is 182 Å². The Morgan fingerprint density at radius 3 is 1.55 bits per heavy atom. The van der Waals surface area contributed by atoms with Crippen molar-refractivity contribution in [1.82, 2.24) is 9.97 Å². The van der Waals surface area contributed by atoms with Crippen LogP contribution in [0, 0.1) is 0 Å². The summed E-state index contributed by atoms with van der Waals surface area (Å²) in [5.74, 6) is 0.655.